The van der Waals surface area contributed by atoms with Gasteiger partial charge in [0.2, 0.25) is 0 Å². The molecule has 1 heterocycles. The van der Waals surface area contributed by atoms with Crippen molar-refractivity contribution in [3.8, 4) is 0 Å². The van der Waals surface area contributed by atoms with Gasteiger partial charge in [-0.3, -0.25) is 0 Å². The molecule has 1 aliphatic heterocycles. The van der Waals surface area contributed by atoms with Gasteiger partial charge in [-0.25, -0.2) is 0 Å². The van der Waals surface area contributed by atoms with Crippen LogP contribution in [0.5, 0.6) is 0 Å². The van der Waals surface area contributed by atoms with Crippen molar-refractivity contribution in [2.45, 2.75) is 13.0 Å². The Balaban J connectivity index is 1.87. The van der Waals surface area contributed by atoms with E-state index in [-0.39, 0.29) is 0 Å². The molecule has 0 saturated carbocycles. The zero-order chi connectivity index (χ0) is 13.4. The second-order valence-corrected chi connectivity index (χ2v) is 5.59. The summed E-state index contributed by atoms with van der Waals surface area (Å²) in [6, 6.07) is 12.3. The topological polar surface area (TPSA) is 29.3 Å². The van der Waals surface area contributed by atoms with Crippen LogP contribution in [0.25, 0.3) is 0 Å². The van der Waals surface area contributed by atoms with Crippen molar-refractivity contribution in [1.29, 1.82) is 0 Å². The lowest BCUT2D eigenvalue weighted by Crippen LogP contribution is -2.19. The molecule has 98 valence electrons. The van der Waals surface area contributed by atoms with Gasteiger partial charge in [0.05, 0.1) is 15.7 Å². The van der Waals surface area contributed by atoms with Crippen molar-refractivity contribution in [2.24, 2.45) is 0 Å². The molecule has 2 aromatic rings. The van der Waals surface area contributed by atoms with Gasteiger partial charge in [0, 0.05) is 18.8 Å². The van der Waals surface area contributed by atoms with Crippen LogP contribution in [-0.2, 0) is 13.0 Å². The zero-order valence-corrected chi connectivity index (χ0v) is 11.9. The van der Waals surface area contributed by atoms with Crippen LogP contribution < -0.4 is 10.6 Å². The van der Waals surface area contributed by atoms with Gasteiger partial charge in [0.15, 0.2) is 0 Å². The van der Waals surface area contributed by atoms with Crippen molar-refractivity contribution < 1.29 is 0 Å². The highest BCUT2D eigenvalue weighted by Gasteiger charge is 2.18. The van der Waals surface area contributed by atoms with Gasteiger partial charge in [0.1, 0.15) is 0 Å². The number of para-hydroxylation sites is 1. The third kappa shape index (κ3) is 2.38. The minimum absolute atomic E-state index is 0.453. The Kier molecular flexibility index (Phi) is 3.29. The molecule has 2 aromatic carbocycles. The predicted octanol–water partition coefficient (Wildman–Crippen LogP) is 4.14. The highest BCUT2D eigenvalue weighted by molar-refractivity contribution is 6.38. The highest BCUT2D eigenvalue weighted by atomic mass is 35.5. The van der Waals surface area contributed by atoms with Crippen LogP contribution in [0.3, 0.4) is 0 Å². The summed E-state index contributed by atoms with van der Waals surface area (Å²) in [4.78, 5) is 2.34. The third-order valence-corrected chi connectivity index (χ3v) is 4.12. The number of rotatable bonds is 2. The van der Waals surface area contributed by atoms with Gasteiger partial charge in [-0.15, -0.1) is 0 Å². The molecule has 4 heteroatoms. The summed E-state index contributed by atoms with van der Waals surface area (Å²) in [6.45, 7) is 1.83. The van der Waals surface area contributed by atoms with Crippen molar-refractivity contribution in [1.82, 2.24) is 0 Å². The first-order chi connectivity index (χ1) is 9.15. The largest absolute Gasteiger partial charge is 0.396 e. The van der Waals surface area contributed by atoms with Crippen LogP contribution in [0.2, 0.25) is 10.0 Å². The summed E-state index contributed by atoms with van der Waals surface area (Å²) in [7, 11) is 0. The van der Waals surface area contributed by atoms with E-state index in [0.717, 1.165) is 25.1 Å². The lowest BCUT2D eigenvalue weighted by atomic mass is 10.1. The number of nitrogen functional groups attached to an aromatic ring is 1. The normalized spacial score (nSPS) is 13.7. The summed E-state index contributed by atoms with van der Waals surface area (Å²) < 4.78 is 0. The standard InChI is InChI=1S/C15H14Cl2N2/c16-12-7-10(8-13(17)15(12)18)9-19-6-5-11-3-1-2-4-14(11)19/h1-4,7-8H,5-6,9,18H2. The maximum atomic E-state index is 6.08. The average Bonchev–Trinajstić information content (AvgIpc) is 2.79. The number of halogens is 2. The highest BCUT2D eigenvalue weighted by Crippen LogP contribution is 2.32. The van der Waals surface area contributed by atoms with E-state index in [1.165, 1.54) is 11.3 Å². The molecule has 1 aliphatic rings. The third-order valence-electron chi connectivity index (χ3n) is 3.50. The van der Waals surface area contributed by atoms with Crippen LogP contribution in [0.15, 0.2) is 36.4 Å². The number of nitrogens with two attached hydrogens (primary N) is 1. The number of fused-ring (bicyclic) bond motifs is 1. The van der Waals surface area contributed by atoms with Gasteiger partial charge >= 0.3 is 0 Å². The molecule has 0 bridgehead atoms. The Labute approximate surface area is 122 Å². The van der Waals surface area contributed by atoms with Crippen LogP contribution >= 0.6 is 23.2 Å². The van der Waals surface area contributed by atoms with Crippen LogP contribution in [0.4, 0.5) is 11.4 Å². The minimum Gasteiger partial charge on any atom is -0.396 e. The number of benzene rings is 2. The first kappa shape index (κ1) is 12.6. The van der Waals surface area contributed by atoms with E-state index in [2.05, 4.69) is 29.2 Å². The summed E-state index contributed by atoms with van der Waals surface area (Å²) in [6.07, 6.45) is 1.09. The number of nitrogens with zero attached hydrogens (tertiary/aromatic N) is 1. The van der Waals surface area contributed by atoms with Gasteiger partial charge in [-0.2, -0.15) is 0 Å². The van der Waals surface area contributed by atoms with Gasteiger partial charge in [-0.05, 0) is 35.7 Å². The molecular weight excluding hydrogens is 279 g/mol. The molecule has 0 aromatic heterocycles. The number of hydrogen-bond acceptors (Lipinski definition) is 2. The maximum absolute atomic E-state index is 6.08. The van der Waals surface area contributed by atoms with Gasteiger partial charge in [0.25, 0.3) is 0 Å². The van der Waals surface area contributed by atoms with Crippen LogP contribution in [0, 0.1) is 0 Å². The molecule has 0 aliphatic carbocycles. The first-order valence-electron chi connectivity index (χ1n) is 6.21. The fourth-order valence-electron chi connectivity index (χ4n) is 2.52. The molecule has 19 heavy (non-hydrogen) atoms. The summed E-state index contributed by atoms with van der Waals surface area (Å²) >= 11 is 12.2. The molecule has 0 fully saturated rings. The van der Waals surface area contributed by atoms with Crippen LogP contribution in [0.1, 0.15) is 11.1 Å². The Morgan fingerprint density at radius 3 is 2.53 bits per heavy atom. The average molecular weight is 293 g/mol. The molecule has 0 saturated heterocycles. The fourth-order valence-corrected chi connectivity index (χ4v) is 3.05. The SMILES string of the molecule is Nc1c(Cl)cc(CN2CCc3ccccc32)cc1Cl. The maximum Gasteiger partial charge on any atom is 0.0693 e. The van der Waals surface area contributed by atoms with Crippen molar-refractivity contribution in [2.75, 3.05) is 17.2 Å². The van der Waals surface area contributed by atoms with E-state index in [1.807, 2.05) is 12.1 Å². The van der Waals surface area contributed by atoms with Crippen molar-refractivity contribution in [3.05, 3.63) is 57.6 Å². The van der Waals surface area contributed by atoms with Gasteiger partial charge in [-0.1, -0.05) is 41.4 Å². The molecular formula is C15H14Cl2N2. The van der Waals surface area contributed by atoms with E-state index in [4.69, 9.17) is 28.9 Å². The van der Waals surface area contributed by atoms with Crippen LogP contribution in [-0.4, -0.2) is 6.54 Å². The minimum atomic E-state index is 0.453. The summed E-state index contributed by atoms with van der Waals surface area (Å²) in [5.41, 5.74) is 9.99. The molecule has 3 rings (SSSR count). The van der Waals surface area contributed by atoms with E-state index >= 15 is 0 Å². The number of anilines is 2. The second-order valence-electron chi connectivity index (χ2n) is 4.77. The zero-order valence-electron chi connectivity index (χ0n) is 10.4. The second kappa shape index (κ2) is 4.95. The van der Waals surface area contributed by atoms with E-state index in [0.29, 0.717) is 15.7 Å². The molecule has 2 N–H and O–H groups in total. The Hall–Kier alpha value is -1.38. The lowest BCUT2D eigenvalue weighted by molar-refractivity contribution is 0.836. The Morgan fingerprint density at radius 1 is 1.11 bits per heavy atom. The Morgan fingerprint density at radius 2 is 1.79 bits per heavy atom. The Bertz CT molecular complexity index is 602. The molecule has 0 unspecified atom stereocenters. The predicted molar refractivity (Wildman–Crippen MR) is 82.1 cm³/mol. The monoisotopic (exact) mass is 292 g/mol. The molecule has 0 atom stereocenters. The molecule has 0 spiro atoms. The smallest absolute Gasteiger partial charge is 0.0693 e. The van der Waals surface area contributed by atoms with E-state index in [1.54, 1.807) is 0 Å². The summed E-state index contributed by atoms with van der Waals surface area (Å²) in [5.74, 6) is 0. The van der Waals surface area contributed by atoms with Crippen molar-refractivity contribution >= 4 is 34.6 Å². The molecule has 2 nitrogen and oxygen atoms in total. The van der Waals surface area contributed by atoms with Gasteiger partial charge < -0.3 is 10.6 Å². The quantitative estimate of drug-likeness (QED) is 0.843. The lowest BCUT2D eigenvalue weighted by Gasteiger charge is -2.20. The van der Waals surface area contributed by atoms with E-state index in [9.17, 15) is 0 Å². The first-order valence-corrected chi connectivity index (χ1v) is 6.97. The molecule has 0 radical (unpaired) electrons. The fraction of sp³-hybridized carbons (Fsp3) is 0.200. The molecule has 0 amide bonds. The summed E-state index contributed by atoms with van der Waals surface area (Å²) in [5, 5.41) is 1.05. The number of hydrogen-bond donors (Lipinski definition) is 1. The van der Waals surface area contributed by atoms with E-state index < -0.39 is 0 Å². The van der Waals surface area contributed by atoms with Crippen molar-refractivity contribution in [3.63, 3.8) is 0 Å².